The Bertz CT molecular complexity index is 1030. The molecule has 0 aliphatic carbocycles. The Balaban J connectivity index is 1.68. The summed E-state index contributed by atoms with van der Waals surface area (Å²) >= 11 is 0. The Morgan fingerprint density at radius 3 is 2.46 bits per heavy atom. The van der Waals surface area contributed by atoms with Crippen molar-refractivity contribution in [3.8, 4) is 28.1 Å². The van der Waals surface area contributed by atoms with E-state index in [2.05, 4.69) is 9.97 Å². The number of aromatic nitrogens is 3. The van der Waals surface area contributed by atoms with E-state index in [1.165, 1.54) is 6.07 Å². The van der Waals surface area contributed by atoms with Gasteiger partial charge in [0.25, 0.3) is 0 Å². The van der Waals surface area contributed by atoms with E-state index < -0.39 is 5.82 Å². The van der Waals surface area contributed by atoms with Crippen LogP contribution in [0.15, 0.2) is 79.5 Å². The van der Waals surface area contributed by atoms with Gasteiger partial charge in [-0.1, -0.05) is 36.4 Å². The number of hydrogen-bond acceptors (Lipinski definition) is 3. The lowest BCUT2D eigenvalue weighted by molar-refractivity contribution is 0.476. The van der Waals surface area contributed by atoms with E-state index in [1.54, 1.807) is 43.0 Å². The highest BCUT2D eigenvalue weighted by Crippen LogP contribution is 2.33. The molecule has 0 atom stereocenters. The van der Waals surface area contributed by atoms with Gasteiger partial charge in [-0.3, -0.25) is 4.98 Å². The van der Waals surface area contributed by atoms with Crippen LogP contribution in [0.25, 0.3) is 22.4 Å². The molecule has 2 heterocycles. The Kier molecular flexibility index (Phi) is 4.19. The van der Waals surface area contributed by atoms with Gasteiger partial charge in [0.15, 0.2) is 5.82 Å². The van der Waals surface area contributed by atoms with Crippen LogP contribution in [0.2, 0.25) is 0 Å². The van der Waals surface area contributed by atoms with Gasteiger partial charge in [-0.15, -0.1) is 0 Å². The molecule has 0 bridgehead atoms. The molecule has 0 saturated carbocycles. The monoisotopic (exact) mass is 345 g/mol. The molecule has 0 saturated heterocycles. The van der Waals surface area contributed by atoms with Crippen molar-refractivity contribution in [2.75, 3.05) is 0 Å². The lowest BCUT2D eigenvalue weighted by atomic mass is 10.0. The molecular weight excluding hydrogens is 329 g/mol. The lowest BCUT2D eigenvalue weighted by Crippen LogP contribution is -1.97. The van der Waals surface area contributed by atoms with E-state index in [-0.39, 0.29) is 11.4 Å². The van der Waals surface area contributed by atoms with Crippen molar-refractivity contribution in [2.24, 2.45) is 0 Å². The van der Waals surface area contributed by atoms with Crippen molar-refractivity contribution >= 4 is 0 Å². The molecule has 2 aromatic carbocycles. The number of imidazole rings is 1. The summed E-state index contributed by atoms with van der Waals surface area (Å²) in [5.74, 6) is -0.442. The third-order valence-electron chi connectivity index (χ3n) is 4.24. The molecule has 0 radical (unpaired) electrons. The van der Waals surface area contributed by atoms with Crippen LogP contribution in [0, 0.1) is 5.82 Å². The smallest absolute Gasteiger partial charge is 0.157 e. The van der Waals surface area contributed by atoms with Crippen LogP contribution in [-0.2, 0) is 6.54 Å². The Hall–Kier alpha value is -3.47. The minimum Gasteiger partial charge on any atom is -0.507 e. The molecule has 128 valence electrons. The van der Waals surface area contributed by atoms with E-state index >= 15 is 4.39 Å². The van der Waals surface area contributed by atoms with Crippen LogP contribution in [0.1, 0.15) is 5.56 Å². The Morgan fingerprint density at radius 1 is 0.923 bits per heavy atom. The quantitative estimate of drug-likeness (QED) is 0.592. The maximum atomic E-state index is 15.0. The number of hydrogen-bond donors (Lipinski definition) is 1. The fourth-order valence-corrected chi connectivity index (χ4v) is 2.91. The lowest BCUT2D eigenvalue weighted by Gasteiger charge is -2.10. The van der Waals surface area contributed by atoms with Gasteiger partial charge in [-0.2, -0.15) is 0 Å². The molecule has 0 aliphatic heterocycles. The van der Waals surface area contributed by atoms with Crippen LogP contribution in [0.5, 0.6) is 5.75 Å². The van der Waals surface area contributed by atoms with Gasteiger partial charge in [0.1, 0.15) is 11.4 Å². The number of phenolic OH excluding ortho intramolecular Hbond substituents is 1. The first-order valence-electron chi connectivity index (χ1n) is 8.20. The van der Waals surface area contributed by atoms with Crippen molar-refractivity contribution < 1.29 is 9.50 Å². The third kappa shape index (κ3) is 3.07. The fraction of sp³-hybridized carbons (Fsp3) is 0.0476. The van der Waals surface area contributed by atoms with Crippen molar-refractivity contribution in [3.05, 3.63) is 90.9 Å². The van der Waals surface area contributed by atoms with E-state index in [9.17, 15) is 5.11 Å². The summed E-state index contributed by atoms with van der Waals surface area (Å²) in [5, 5.41) is 9.99. The number of aromatic hydroxyl groups is 1. The summed E-state index contributed by atoms with van der Waals surface area (Å²) in [7, 11) is 0. The van der Waals surface area contributed by atoms with Gasteiger partial charge in [-0.25, -0.2) is 9.37 Å². The molecule has 4 nitrogen and oxygen atoms in total. The van der Waals surface area contributed by atoms with Gasteiger partial charge in [0, 0.05) is 36.3 Å². The summed E-state index contributed by atoms with van der Waals surface area (Å²) in [4.78, 5) is 8.14. The predicted octanol–water partition coefficient (Wildman–Crippen LogP) is 4.51. The normalized spacial score (nSPS) is 10.8. The van der Waals surface area contributed by atoms with Crippen LogP contribution in [-0.4, -0.2) is 19.6 Å². The second-order valence-electron chi connectivity index (χ2n) is 5.97. The number of phenols is 1. The fourth-order valence-electron chi connectivity index (χ4n) is 2.91. The summed E-state index contributed by atoms with van der Waals surface area (Å²) in [6, 6.07) is 16.0. The van der Waals surface area contributed by atoms with Crippen LogP contribution < -0.4 is 0 Å². The number of halogens is 1. The molecule has 0 unspecified atom stereocenters. The average molecular weight is 345 g/mol. The van der Waals surface area contributed by atoms with Crippen molar-refractivity contribution in [2.45, 2.75) is 6.54 Å². The largest absolute Gasteiger partial charge is 0.507 e. The van der Waals surface area contributed by atoms with Crippen LogP contribution >= 0.6 is 0 Å². The van der Waals surface area contributed by atoms with E-state index in [1.807, 2.05) is 35.0 Å². The van der Waals surface area contributed by atoms with Gasteiger partial charge in [0.2, 0.25) is 0 Å². The number of rotatable bonds is 4. The maximum absolute atomic E-state index is 15.0. The number of nitrogens with zero attached hydrogens (tertiary/aromatic N) is 3. The molecule has 4 rings (SSSR count). The first-order chi connectivity index (χ1) is 12.7. The van der Waals surface area contributed by atoms with Crippen LogP contribution in [0.3, 0.4) is 0 Å². The van der Waals surface area contributed by atoms with Crippen molar-refractivity contribution in [1.82, 2.24) is 14.5 Å². The summed E-state index contributed by atoms with van der Waals surface area (Å²) in [6.07, 6.45) is 6.95. The predicted molar refractivity (Wildman–Crippen MR) is 98.1 cm³/mol. The van der Waals surface area contributed by atoms with Crippen molar-refractivity contribution in [1.29, 1.82) is 0 Å². The highest BCUT2D eigenvalue weighted by atomic mass is 19.1. The van der Waals surface area contributed by atoms with Crippen molar-refractivity contribution in [3.63, 3.8) is 0 Å². The molecule has 2 aromatic heterocycles. The number of pyridine rings is 1. The highest BCUT2D eigenvalue weighted by Gasteiger charge is 2.15. The highest BCUT2D eigenvalue weighted by molar-refractivity contribution is 5.74. The zero-order chi connectivity index (χ0) is 17.9. The third-order valence-corrected chi connectivity index (χ3v) is 4.24. The van der Waals surface area contributed by atoms with Gasteiger partial charge >= 0.3 is 0 Å². The zero-order valence-electron chi connectivity index (χ0n) is 13.9. The topological polar surface area (TPSA) is 50.9 Å². The average Bonchev–Trinajstić information content (AvgIpc) is 3.17. The molecular formula is C21H16FN3O. The molecule has 5 heteroatoms. The molecule has 0 aliphatic rings. The number of para-hydroxylation sites is 1. The maximum Gasteiger partial charge on any atom is 0.157 e. The van der Waals surface area contributed by atoms with Gasteiger partial charge in [0.05, 0.1) is 6.33 Å². The first-order valence-corrected chi connectivity index (χ1v) is 8.20. The zero-order valence-corrected chi connectivity index (χ0v) is 13.9. The number of benzene rings is 2. The second kappa shape index (κ2) is 6.80. The molecule has 1 N–H and O–H groups in total. The second-order valence-corrected chi connectivity index (χ2v) is 5.97. The molecule has 0 amide bonds. The summed E-state index contributed by atoms with van der Waals surface area (Å²) in [6.45, 7) is 0.711. The summed E-state index contributed by atoms with van der Waals surface area (Å²) < 4.78 is 17.0. The molecule has 0 spiro atoms. The first kappa shape index (κ1) is 16.0. The SMILES string of the molecule is Oc1ccccc1-c1nccc(-c2ccc(Cn3ccnc3)cc2)c1F. The summed E-state index contributed by atoms with van der Waals surface area (Å²) in [5.41, 5.74) is 2.83. The standard InChI is InChI=1S/C21H16FN3O/c22-20-17(9-10-24-21(20)18-3-1-2-4-19(18)26)16-7-5-15(6-8-16)13-25-12-11-23-14-25/h1-12,14,26H,13H2. The minimum atomic E-state index is -0.448. The Labute approximate surface area is 150 Å². The van der Waals surface area contributed by atoms with E-state index in [0.29, 0.717) is 17.7 Å². The molecule has 0 fully saturated rings. The van der Waals surface area contributed by atoms with Crippen LogP contribution in [0.4, 0.5) is 4.39 Å². The van der Waals surface area contributed by atoms with E-state index in [4.69, 9.17) is 0 Å². The molecule has 26 heavy (non-hydrogen) atoms. The van der Waals surface area contributed by atoms with E-state index in [0.717, 1.165) is 11.1 Å². The van der Waals surface area contributed by atoms with Gasteiger partial charge < -0.3 is 9.67 Å². The minimum absolute atomic E-state index is 0.00623. The Morgan fingerprint density at radius 2 is 1.73 bits per heavy atom. The molecule has 4 aromatic rings. The van der Waals surface area contributed by atoms with Gasteiger partial charge in [-0.05, 0) is 29.3 Å².